The van der Waals surface area contributed by atoms with Crippen molar-refractivity contribution in [3.05, 3.63) is 106 Å². The molecule has 0 aliphatic carbocycles. The van der Waals surface area contributed by atoms with Crippen molar-refractivity contribution >= 4 is 0 Å². The molecule has 0 amide bonds. The maximum Gasteiger partial charge on any atom is 0.139 e. The lowest BCUT2D eigenvalue weighted by Gasteiger charge is -2.02. The quantitative estimate of drug-likeness (QED) is 0.284. The van der Waals surface area contributed by atoms with Gasteiger partial charge in [-0.15, -0.1) is 0 Å². The van der Waals surface area contributed by atoms with Crippen LogP contribution >= 0.6 is 0 Å². The Morgan fingerprint density at radius 2 is 1.25 bits per heavy atom. The average Bonchev–Trinajstić information content (AvgIpc) is 2.80. The van der Waals surface area contributed by atoms with E-state index in [2.05, 4.69) is 30.6 Å². The SMILES string of the molecule is CCCCCc1ccc(C#Cc2ccc(C#Cc3ccc(CCC)c(F)c3)cc2)c(F)c1. The predicted octanol–water partition coefficient (Wildman–Crippen LogP) is 7.45. The molecule has 0 nitrogen and oxygen atoms in total. The molecule has 0 saturated heterocycles. The fraction of sp³-hybridized carbons (Fsp3) is 0.267. The second-order valence-electron chi connectivity index (χ2n) is 7.90. The smallest absolute Gasteiger partial charge is 0.139 e. The third-order valence-corrected chi connectivity index (χ3v) is 5.25. The summed E-state index contributed by atoms with van der Waals surface area (Å²) in [6, 6.07) is 17.9. The topological polar surface area (TPSA) is 0 Å². The molecular formula is C30H28F2. The molecule has 2 heteroatoms. The minimum absolute atomic E-state index is 0.203. The summed E-state index contributed by atoms with van der Waals surface area (Å²) in [5.74, 6) is 11.5. The first kappa shape index (κ1) is 23.3. The number of halogens is 2. The maximum absolute atomic E-state index is 14.3. The van der Waals surface area contributed by atoms with Gasteiger partial charge in [0.1, 0.15) is 11.6 Å². The number of unbranched alkanes of at least 4 members (excludes halogenated alkanes) is 2. The van der Waals surface area contributed by atoms with Crippen LogP contribution in [0, 0.1) is 35.3 Å². The highest BCUT2D eigenvalue weighted by molar-refractivity contribution is 5.48. The second kappa shape index (κ2) is 11.9. The van der Waals surface area contributed by atoms with Crippen LogP contribution in [0.3, 0.4) is 0 Å². The molecule has 3 aromatic carbocycles. The first-order valence-electron chi connectivity index (χ1n) is 11.3. The van der Waals surface area contributed by atoms with Gasteiger partial charge in [-0.1, -0.05) is 68.9 Å². The number of rotatable bonds is 6. The van der Waals surface area contributed by atoms with Gasteiger partial charge in [0.05, 0.1) is 5.56 Å². The standard InChI is InChI=1S/C30H28F2/c1-3-5-6-8-25-16-20-28(30(32)21-25)18-15-24-11-9-23(10-12-24)13-14-26-17-19-27(7-4-2)29(31)22-26/h9-12,16-17,19-22H,3-8H2,1-2H3. The summed E-state index contributed by atoms with van der Waals surface area (Å²) >= 11 is 0. The van der Waals surface area contributed by atoms with Crippen LogP contribution in [0.5, 0.6) is 0 Å². The van der Waals surface area contributed by atoms with Crippen LogP contribution in [-0.4, -0.2) is 0 Å². The highest BCUT2D eigenvalue weighted by Crippen LogP contribution is 2.14. The summed E-state index contributed by atoms with van der Waals surface area (Å²) in [6.45, 7) is 4.19. The maximum atomic E-state index is 14.3. The Morgan fingerprint density at radius 3 is 1.88 bits per heavy atom. The first-order valence-corrected chi connectivity index (χ1v) is 11.3. The van der Waals surface area contributed by atoms with Gasteiger partial charge >= 0.3 is 0 Å². The van der Waals surface area contributed by atoms with Crippen LogP contribution in [-0.2, 0) is 12.8 Å². The molecule has 0 radical (unpaired) electrons. The van der Waals surface area contributed by atoms with E-state index in [0.29, 0.717) is 11.1 Å². The van der Waals surface area contributed by atoms with Crippen LogP contribution < -0.4 is 0 Å². The molecule has 0 unspecified atom stereocenters. The monoisotopic (exact) mass is 426 g/mol. The van der Waals surface area contributed by atoms with Gasteiger partial charge in [-0.25, -0.2) is 8.78 Å². The summed E-state index contributed by atoms with van der Waals surface area (Å²) in [7, 11) is 0. The third-order valence-electron chi connectivity index (χ3n) is 5.25. The summed E-state index contributed by atoms with van der Waals surface area (Å²) in [4.78, 5) is 0. The summed E-state index contributed by atoms with van der Waals surface area (Å²) in [5, 5.41) is 0. The van der Waals surface area contributed by atoms with E-state index in [1.807, 2.05) is 43.3 Å². The Labute approximate surface area is 190 Å². The minimum Gasteiger partial charge on any atom is -0.207 e. The molecule has 0 N–H and O–H groups in total. The van der Waals surface area contributed by atoms with Gasteiger partial charge in [-0.2, -0.15) is 0 Å². The largest absolute Gasteiger partial charge is 0.207 e. The van der Waals surface area contributed by atoms with Crippen molar-refractivity contribution in [2.24, 2.45) is 0 Å². The lowest BCUT2D eigenvalue weighted by Crippen LogP contribution is -1.90. The van der Waals surface area contributed by atoms with Gasteiger partial charge in [-0.3, -0.25) is 0 Å². The zero-order valence-corrected chi connectivity index (χ0v) is 18.8. The van der Waals surface area contributed by atoms with Crippen molar-refractivity contribution in [1.29, 1.82) is 0 Å². The first-order chi connectivity index (χ1) is 15.6. The highest BCUT2D eigenvalue weighted by atomic mass is 19.1. The number of hydrogen-bond acceptors (Lipinski definition) is 0. The van der Waals surface area contributed by atoms with E-state index < -0.39 is 0 Å². The normalized spacial score (nSPS) is 10.1. The average molecular weight is 427 g/mol. The van der Waals surface area contributed by atoms with Crippen LogP contribution in [0.4, 0.5) is 8.78 Å². The molecule has 0 atom stereocenters. The highest BCUT2D eigenvalue weighted by Gasteiger charge is 2.02. The molecular weight excluding hydrogens is 398 g/mol. The van der Waals surface area contributed by atoms with Crippen LogP contribution in [0.25, 0.3) is 0 Å². The molecule has 0 bridgehead atoms. The molecule has 0 fully saturated rings. The lowest BCUT2D eigenvalue weighted by atomic mass is 10.0. The zero-order valence-electron chi connectivity index (χ0n) is 18.8. The van der Waals surface area contributed by atoms with E-state index in [1.54, 1.807) is 18.2 Å². The van der Waals surface area contributed by atoms with Gasteiger partial charge in [0.2, 0.25) is 0 Å². The number of aryl methyl sites for hydroxylation is 2. The second-order valence-corrected chi connectivity index (χ2v) is 7.90. The van der Waals surface area contributed by atoms with Gasteiger partial charge < -0.3 is 0 Å². The molecule has 0 aliphatic heterocycles. The lowest BCUT2D eigenvalue weighted by molar-refractivity contribution is 0.607. The number of hydrogen-bond donors (Lipinski definition) is 0. The molecule has 0 spiro atoms. The van der Waals surface area contributed by atoms with Crippen molar-refractivity contribution in [2.75, 3.05) is 0 Å². The Kier molecular flexibility index (Phi) is 8.65. The number of benzene rings is 3. The molecule has 32 heavy (non-hydrogen) atoms. The zero-order chi connectivity index (χ0) is 22.8. The van der Waals surface area contributed by atoms with Gasteiger partial charge in [0.25, 0.3) is 0 Å². The van der Waals surface area contributed by atoms with E-state index in [9.17, 15) is 8.78 Å². The Bertz CT molecular complexity index is 1170. The fourth-order valence-electron chi connectivity index (χ4n) is 3.41. The fourth-order valence-corrected chi connectivity index (χ4v) is 3.41. The van der Waals surface area contributed by atoms with Crippen LogP contribution in [0.2, 0.25) is 0 Å². The third kappa shape index (κ3) is 6.83. The van der Waals surface area contributed by atoms with E-state index in [4.69, 9.17) is 0 Å². The van der Waals surface area contributed by atoms with Gasteiger partial charge in [0, 0.05) is 16.7 Å². The molecule has 0 heterocycles. The van der Waals surface area contributed by atoms with E-state index in [0.717, 1.165) is 60.8 Å². The van der Waals surface area contributed by atoms with Gasteiger partial charge in [-0.05, 0) is 78.9 Å². The van der Waals surface area contributed by atoms with E-state index >= 15 is 0 Å². The van der Waals surface area contributed by atoms with E-state index in [1.165, 1.54) is 6.07 Å². The molecule has 3 aromatic rings. The Hall–Kier alpha value is -3.36. The van der Waals surface area contributed by atoms with Crippen molar-refractivity contribution in [2.45, 2.75) is 52.4 Å². The Balaban J connectivity index is 1.66. The minimum atomic E-state index is -0.272. The van der Waals surface area contributed by atoms with Crippen molar-refractivity contribution in [3.63, 3.8) is 0 Å². The van der Waals surface area contributed by atoms with Crippen LogP contribution in [0.1, 0.15) is 72.9 Å². The summed E-state index contributed by atoms with van der Waals surface area (Å²) in [6.07, 6.45) is 5.93. The molecule has 0 aromatic heterocycles. The van der Waals surface area contributed by atoms with Crippen LogP contribution in [0.15, 0.2) is 60.7 Å². The molecule has 0 aliphatic rings. The molecule has 0 saturated carbocycles. The predicted molar refractivity (Wildman–Crippen MR) is 128 cm³/mol. The Morgan fingerprint density at radius 1 is 0.594 bits per heavy atom. The van der Waals surface area contributed by atoms with Crippen molar-refractivity contribution < 1.29 is 8.78 Å². The summed E-state index contributed by atoms with van der Waals surface area (Å²) in [5.41, 5.74) is 4.41. The van der Waals surface area contributed by atoms with E-state index in [-0.39, 0.29) is 11.6 Å². The molecule has 3 rings (SSSR count). The summed E-state index contributed by atoms with van der Waals surface area (Å²) < 4.78 is 28.4. The molecule has 162 valence electrons. The van der Waals surface area contributed by atoms with Gasteiger partial charge in [0.15, 0.2) is 0 Å². The van der Waals surface area contributed by atoms with Crippen molar-refractivity contribution in [3.8, 4) is 23.7 Å². The van der Waals surface area contributed by atoms with Crippen molar-refractivity contribution in [1.82, 2.24) is 0 Å².